The van der Waals surface area contributed by atoms with Gasteiger partial charge in [0.2, 0.25) is 0 Å². The summed E-state index contributed by atoms with van der Waals surface area (Å²) in [6, 6.07) is 1.98. The average molecular weight is 278 g/mol. The lowest BCUT2D eigenvalue weighted by Gasteiger charge is -2.37. The third-order valence-corrected chi connectivity index (χ3v) is 5.00. The van der Waals surface area contributed by atoms with Gasteiger partial charge in [-0.1, -0.05) is 19.8 Å². The molecule has 0 atom stereocenters. The van der Waals surface area contributed by atoms with E-state index in [1.165, 1.54) is 12.8 Å². The fourth-order valence-corrected chi connectivity index (χ4v) is 3.51. The van der Waals surface area contributed by atoms with Crippen molar-refractivity contribution in [3.05, 3.63) is 18.0 Å². The van der Waals surface area contributed by atoms with E-state index in [2.05, 4.69) is 12.0 Å². The lowest BCUT2D eigenvalue weighted by Crippen LogP contribution is -2.36. The number of carboxylic acids is 1. The third kappa shape index (κ3) is 3.22. The van der Waals surface area contributed by atoms with Gasteiger partial charge in [-0.2, -0.15) is 5.10 Å². The Morgan fingerprint density at radius 3 is 2.70 bits per heavy atom. The topological polar surface area (TPSA) is 55.1 Å². The Balaban J connectivity index is 1.97. The molecule has 1 saturated carbocycles. The van der Waals surface area contributed by atoms with Crippen molar-refractivity contribution in [2.45, 2.75) is 58.3 Å². The fraction of sp³-hybridized carbons (Fsp3) is 0.750. The highest BCUT2D eigenvalue weighted by Crippen LogP contribution is 2.43. The molecule has 20 heavy (non-hydrogen) atoms. The van der Waals surface area contributed by atoms with Crippen LogP contribution in [0.15, 0.2) is 12.3 Å². The monoisotopic (exact) mass is 278 g/mol. The molecule has 1 fully saturated rings. The molecule has 1 aliphatic carbocycles. The molecule has 112 valence electrons. The van der Waals surface area contributed by atoms with Crippen LogP contribution in [0.5, 0.6) is 0 Å². The molecule has 1 aromatic rings. The number of rotatable bonds is 6. The minimum atomic E-state index is -0.602. The Morgan fingerprint density at radius 1 is 1.50 bits per heavy atom. The van der Waals surface area contributed by atoms with Crippen LogP contribution in [0.2, 0.25) is 0 Å². The molecule has 1 aromatic heterocycles. The summed E-state index contributed by atoms with van der Waals surface area (Å²) in [5, 5.41) is 13.8. The number of hydrogen-bond acceptors (Lipinski definition) is 2. The molecule has 4 heteroatoms. The number of aryl methyl sites for hydroxylation is 2. The molecular weight excluding hydrogens is 252 g/mol. The van der Waals surface area contributed by atoms with Crippen LogP contribution in [0, 0.1) is 11.3 Å². The predicted octanol–water partition coefficient (Wildman–Crippen LogP) is 3.41. The second-order valence-corrected chi connectivity index (χ2v) is 6.26. The molecule has 0 radical (unpaired) electrons. The zero-order chi connectivity index (χ0) is 14.6. The molecule has 4 nitrogen and oxygen atoms in total. The summed E-state index contributed by atoms with van der Waals surface area (Å²) in [4.78, 5) is 11.8. The van der Waals surface area contributed by atoms with Crippen LogP contribution in [0.25, 0.3) is 0 Å². The SMILES string of the molecule is CCCC1CCC(CCc2ccnn2C)(C(=O)O)CC1. The molecule has 1 N–H and O–H groups in total. The van der Waals surface area contributed by atoms with Gasteiger partial charge in [-0.3, -0.25) is 9.48 Å². The Morgan fingerprint density at radius 2 is 2.20 bits per heavy atom. The van der Waals surface area contributed by atoms with Crippen LogP contribution < -0.4 is 0 Å². The van der Waals surface area contributed by atoms with E-state index in [1.54, 1.807) is 6.20 Å². The Labute approximate surface area is 121 Å². The number of aliphatic carboxylic acids is 1. The Kier molecular flexibility index (Phi) is 4.84. The molecule has 0 unspecified atom stereocenters. The molecular formula is C16H26N2O2. The second kappa shape index (κ2) is 6.42. The van der Waals surface area contributed by atoms with Crippen LogP contribution in [0.4, 0.5) is 0 Å². The lowest BCUT2D eigenvalue weighted by atomic mass is 9.67. The molecule has 0 aliphatic heterocycles. The zero-order valence-electron chi connectivity index (χ0n) is 12.6. The van der Waals surface area contributed by atoms with Crippen molar-refractivity contribution in [3.63, 3.8) is 0 Å². The molecule has 1 aliphatic rings. The van der Waals surface area contributed by atoms with Crippen molar-refractivity contribution >= 4 is 5.97 Å². The maximum Gasteiger partial charge on any atom is 0.309 e. The van der Waals surface area contributed by atoms with Crippen LogP contribution in [0.1, 0.15) is 57.6 Å². The first-order valence-corrected chi connectivity index (χ1v) is 7.77. The summed E-state index contributed by atoms with van der Waals surface area (Å²) in [5.74, 6) is 0.138. The van der Waals surface area contributed by atoms with Crippen LogP contribution in [0.3, 0.4) is 0 Å². The van der Waals surface area contributed by atoms with E-state index < -0.39 is 11.4 Å². The molecule has 0 saturated heterocycles. The summed E-state index contributed by atoms with van der Waals surface area (Å²) in [5.41, 5.74) is 0.621. The van der Waals surface area contributed by atoms with Crippen LogP contribution >= 0.6 is 0 Å². The first-order chi connectivity index (χ1) is 9.57. The number of carbonyl (C=O) groups is 1. The second-order valence-electron chi connectivity index (χ2n) is 6.26. The highest BCUT2D eigenvalue weighted by molar-refractivity contribution is 5.74. The first-order valence-electron chi connectivity index (χ1n) is 7.77. The van der Waals surface area contributed by atoms with E-state index in [9.17, 15) is 9.90 Å². The largest absolute Gasteiger partial charge is 0.481 e. The Bertz CT molecular complexity index is 445. The smallest absolute Gasteiger partial charge is 0.309 e. The molecule has 0 bridgehead atoms. The number of aromatic nitrogens is 2. The van der Waals surface area contributed by atoms with Gasteiger partial charge in [0.05, 0.1) is 5.41 Å². The molecule has 0 aromatic carbocycles. The van der Waals surface area contributed by atoms with Gasteiger partial charge in [-0.05, 0) is 50.5 Å². The summed E-state index contributed by atoms with van der Waals surface area (Å²) >= 11 is 0. The van der Waals surface area contributed by atoms with E-state index in [0.29, 0.717) is 0 Å². The van der Waals surface area contributed by atoms with E-state index in [0.717, 1.165) is 50.1 Å². The number of hydrogen-bond donors (Lipinski definition) is 1. The van der Waals surface area contributed by atoms with E-state index in [1.807, 2.05) is 17.8 Å². The predicted molar refractivity (Wildman–Crippen MR) is 78.5 cm³/mol. The van der Waals surface area contributed by atoms with Crippen molar-refractivity contribution in [3.8, 4) is 0 Å². The quantitative estimate of drug-likeness (QED) is 0.867. The first kappa shape index (κ1) is 15.1. The summed E-state index contributed by atoms with van der Waals surface area (Å²) in [6.07, 6.45) is 9.60. The maximum atomic E-state index is 11.8. The van der Waals surface area contributed by atoms with E-state index in [-0.39, 0.29) is 0 Å². The minimum absolute atomic E-state index is 0.505. The Hall–Kier alpha value is -1.32. The fourth-order valence-electron chi connectivity index (χ4n) is 3.51. The number of nitrogens with zero attached hydrogens (tertiary/aromatic N) is 2. The lowest BCUT2D eigenvalue weighted by molar-refractivity contribution is -0.152. The normalized spacial score (nSPS) is 26.6. The zero-order valence-corrected chi connectivity index (χ0v) is 12.6. The minimum Gasteiger partial charge on any atom is -0.481 e. The van der Waals surface area contributed by atoms with E-state index >= 15 is 0 Å². The molecule has 0 amide bonds. The van der Waals surface area contributed by atoms with Gasteiger partial charge in [0.1, 0.15) is 0 Å². The summed E-state index contributed by atoms with van der Waals surface area (Å²) in [7, 11) is 1.92. The van der Waals surface area contributed by atoms with Gasteiger partial charge in [-0.25, -0.2) is 0 Å². The van der Waals surface area contributed by atoms with E-state index in [4.69, 9.17) is 0 Å². The van der Waals surface area contributed by atoms with Crippen LogP contribution in [-0.4, -0.2) is 20.9 Å². The van der Waals surface area contributed by atoms with Gasteiger partial charge in [0.25, 0.3) is 0 Å². The number of carboxylic acid groups (broad SMARTS) is 1. The van der Waals surface area contributed by atoms with Crippen molar-refractivity contribution in [2.75, 3.05) is 0 Å². The van der Waals surface area contributed by atoms with Crippen molar-refractivity contribution < 1.29 is 9.90 Å². The molecule has 1 heterocycles. The van der Waals surface area contributed by atoms with Gasteiger partial charge in [0.15, 0.2) is 0 Å². The summed E-state index contributed by atoms with van der Waals surface area (Å²) < 4.78 is 1.85. The highest BCUT2D eigenvalue weighted by Gasteiger charge is 2.41. The van der Waals surface area contributed by atoms with Crippen molar-refractivity contribution in [1.29, 1.82) is 0 Å². The summed E-state index contributed by atoms with van der Waals surface area (Å²) in [6.45, 7) is 2.21. The standard InChI is InChI=1S/C16H26N2O2/c1-3-4-13-5-9-16(10-6-13,15(19)20)11-7-14-8-12-17-18(14)2/h8,12-13H,3-7,9-11H2,1-2H3,(H,19,20). The van der Waals surface area contributed by atoms with Gasteiger partial charge in [-0.15, -0.1) is 0 Å². The van der Waals surface area contributed by atoms with Gasteiger partial charge >= 0.3 is 5.97 Å². The van der Waals surface area contributed by atoms with Crippen molar-refractivity contribution in [2.24, 2.45) is 18.4 Å². The van der Waals surface area contributed by atoms with Gasteiger partial charge < -0.3 is 5.11 Å². The average Bonchev–Trinajstić information content (AvgIpc) is 2.84. The maximum absolute atomic E-state index is 11.8. The molecule has 2 rings (SSSR count). The van der Waals surface area contributed by atoms with Gasteiger partial charge in [0, 0.05) is 18.9 Å². The van der Waals surface area contributed by atoms with Crippen molar-refractivity contribution in [1.82, 2.24) is 9.78 Å². The van der Waals surface area contributed by atoms with Crippen LogP contribution in [-0.2, 0) is 18.3 Å². The highest BCUT2D eigenvalue weighted by atomic mass is 16.4. The molecule has 0 spiro atoms. The third-order valence-electron chi connectivity index (χ3n) is 5.00.